The van der Waals surface area contributed by atoms with Crippen LogP contribution in [0.15, 0.2) is 46.9 Å². The molecule has 5 nitrogen and oxygen atoms in total. The van der Waals surface area contributed by atoms with Gasteiger partial charge in [0.05, 0.1) is 5.69 Å². The van der Waals surface area contributed by atoms with E-state index >= 15 is 0 Å². The van der Waals surface area contributed by atoms with Gasteiger partial charge in [-0.2, -0.15) is 0 Å². The smallest absolute Gasteiger partial charge is 0.255 e. The van der Waals surface area contributed by atoms with Crippen molar-refractivity contribution in [2.75, 3.05) is 11.6 Å². The Morgan fingerprint density at radius 2 is 1.54 bits per heavy atom. The molecule has 1 unspecified atom stereocenters. The summed E-state index contributed by atoms with van der Waals surface area (Å²) in [6, 6.07) is 12.9. The lowest BCUT2D eigenvalue weighted by atomic mass is 9.53. The fourth-order valence-electron chi connectivity index (χ4n) is 7.34. The maximum absolute atomic E-state index is 13.7. The highest BCUT2D eigenvalue weighted by molar-refractivity contribution is 9.10. The first-order valence-electron chi connectivity index (χ1n) is 12.4. The van der Waals surface area contributed by atoms with Crippen LogP contribution in [0.5, 0.6) is 0 Å². The van der Waals surface area contributed by atoms with Gasteiger partial charge < -0.3 is 5.32 Å². The first-order chi connectivity index (χ1) is 16.8. The van der Waals surface area contributed by atoms with Gasteiger partial charge in [0.25, 0.3) is 5.91 Å². The molecule has 184 valence electrons. The van der Waals surface area contributed by atoms with Gasteiger partial charge >= 0.3 is 0 Å². The number of benzene rings is 2. The molecule has 5 fully saturated rings. The van der Waals surface area contributed by atoms with Crippen molar-refractivity contribution in [2.45, 2.75) is 50.6 Å². The molecule has 0 aromatic heterocycles. The Hall–Kier alpha value is -1.60. The van der Waals surface area contributed by atoms with E-state index < -0.39 is 5.92 Å². The molecule has 2 aromatic carbocycles. The zero-order chi connectivity index (χ0) is 24.3. The van der Waals surface area contributed by atoms with Gasteiger partial charge in [-0.25, -0.2) is 10.0 Å². The maximum Gasteiger partial charge on any atom is 0.255 e. The Labute approximate surface area is 224 Å². The molecule has 0 radical (unpaired) electrons. The highest BCUT2D eigenvalue weighted by Gasteiger charge is 2.53. The van der Waals surface area contributed by atoms with E-state index in [1.165, 1.54) is 19.3 Å². The zero-order valence-corrected chi connectivity index (χ0v) is 22.5. The number of hydrogen-bond acceptors (Lipinski definition) is 3. The third kappa shape index (κ3) is 4.41. The molecule has 0 spiro atoms. The molecule has 1 N–H and O–H groups in total. The maximum atomic E-state index is 13.7. The molecule has 7 rings (SSSR count). The monoisotopic (exact) mass is 575 g/mol. The quantitative estimate of drug-likeness (QED) is 0.430. The van der Waals surface area contributed by atoms with Crippen molar-refractivity contribution < 1.29 is 9.59 Å². The summed E-state index contributed by atoms with van der Waals surface area (Å²) >= 11 is 16.4. The minimum Gasteiger partial charge on any atom is -0.350 e. The molecular formula is C27H28BrCl2N3O2. The van der Waals surface area contributed by atoms with Crippen molar-refractivity contribution in [3.63, 3.8) is 0 Å². The van der Waals surface area contributed by atoms with Gasteiger partial charge in [-0.15, -0.1) is 0 Å². The van der Waals surface area contributed by atoms with Gasteiger partial charge in [0.1, 0.15) is 5.92 Å². The molecule has 35 heavy (non-hydrogen) atoms. The van der Waals surface area contributed by atoms with E-state index in [0.717, 1.165) is 47.1 Å². The molecule has 1 atom stereocenters. The Morgan fingerprint density at radius 3 is 2.11 bits per heavy atom. The molecular weight excluding hydrogens is 549 g/mol. The third-order valence-electron chi connectivity index (χ3n) is 8.40. The van der Waals surface area contributed by atoms with Crippen LogP contribution in [0.3, 0.4) is 0 Å². The van der Waals surface area contributed by atoms with Crippen molar-refractivity contribution in [2.24, 2.45) is 23.7 Å². The Kier molecular flexibility index (Phi) is 6.15. The number of amides is 2. The molecule has 4 bridgehead atoms. The standard InChI is InChI=1S/C27H28BrCl2N3O2/c28-19-4-6-20(7-5-19)33-26(35)22(15-32(33)14-21-23(29)2-1-3-24(21)30)25(34)31-27-11-16-8-17(12-27)10-18(9-16)13-27/h1-7,16-18,22H,8-15H2,(H,31,34). The number of carbonyl (C=O) groups excluding carboxylic acids is 2. The molecule has 1 aliphatic heterocycles. The molecule has 2 amide bonds. The average molecular weight is 577 g/mol. The predicted octanol–water partition coefficient (Wildman–Crippen LogP) is 6.22. The van der Waals surface area contributed by atoms with Crippen LogP contribution in [0.25, 0.3) is 0 Å². The summed E-state index contributed by atoms with van der Waals surface area (Å²) in [6.07, 6.45) is 7.09. The normalized spacial score (nSPS) is 31.9. The molecule has 2 aromatic rings. The number of anilines is 1. The highest BCUT2D eigenvalue weighted by Crippen LogP contribution is 2.55. The lowest BCUT2D eigenvalue weighted by Gasteiger charge is -2.57. The zero-order valence-electron chi connectivity index (χ0n) is 19.4. The Morgan fingerprint density at radius 1 is 0.971 bits per heavy atom. The lowest BCUT2D eigenvalue weighted by Crippen LogP contribution is -2.61. The van der Waals surface area contributed by atoms with E-state index in [2.05, 4.69) is 21.2 Å². The Bertz CT molecular complexity index is 1120. The number of hydrogen-bond donors (Lipinski definition) is 1. The number of hydrazine groups is 1. The van der Waals surface area contributed by atoms with Gasteiger partial charge in [-0.05, 0) is 92.7 Å². The van der Waals surface area contributed by atoms with Crippen LogP contribution in [0.1, 0.15) is 44.1 Å². The largest absolute Gasteiger partial charge is 0.350 e. The summed E-state index contributed by atoms with van der Waals surface area (Å²) in [5.74, 6) is 1.04. The second-order valence-corrected chi connectivity index (χ2v) is 12.6. The summed E-state index contributed by atoms with van der Waals surface area (Å²) in [5, 5.41) is 8.01. The lowest BCUT2D eigenvalue weighted by molar-refractivity contribution is -0.135. The van der Waals surface area contributed by atoms with Crippen molar-refractivity contribution in [3.05, 3.63) is 62.5 Å². The average Bonchev–Trinajstić information content (AvgIpc) is 3.12. The second-order valence-electron chi connectivity index (χ2n) is 10.9. The Balaban J connectivity index is 1.27. The van der Waals surface area contributed by atoms with Gasteiger partial charge in [-0.3, -0.25) is 9.59 Å². The van der Waals surface area contributed by atoms with Crippen molar-refractivity contribution in [3.8, 4) is 0 Å². The van der Waals surface area contributed by atoms with Crippen LogP contribution in [0, 0.1) is 23.7 Å². The topological polar surface area (TPSA) is 52.7 Å². The summed E-state index contributed by atoms with van der Waals surface area (Å²) in [4.78, 5) is 27.4. The van der Waals surface area contributed by atoms with E-state index in [9.17, 15) is 9.59 Å². The van der Waals surface area contributed by atoms with E-state index in [4.69, 9.17) is 23.2 Å². The molecule has 4 aliphatic carbocycles. The minimum absolute atomic E-state index is 0.131. The first kappa shape index (κ1) is 23.8. The van der Waals surface area contributed by atoms with Gasteiger partial charge in [0, 0.05) is 38.7 Å². The number of nitrogens with zero attached hydrogens (tertiary/aromatic N) is 2. The predicted molar refractivity (Wildman–Crippen MR) is 141 cm³/mol. The van der Waals surface area contributed by atoms with Crippen LogP contribution in [-0.2, 0) is 16.1 Å². The summed E-state index contributed by atoms with van der Waals surface area (Å²) in [7, 11) is 0. The molecule has 8 heteroatoms. The third-order valence-corrected chi connectivity index (χ3v) is 9.64. The molecule has 5 aliphatic rings. The molecule has 1 saturated heterocycles. The van der Waals surface area contributed by atoms with Crippen LogP contribution >= 0.6 is 39.1 Å². The van der Waals surface area contributed by atoms with E-state index in [1.54, 1.807) is 23.2 Å². The first-order valence-corrected chi connectivity index (χ1v) is 13.9. The van der Waals surface area contributed by atoms with Crippen LogP contribution < -0.4 is 10.3 Å². The van der Waals surface area contributed by atoms with Gasteiger partial charge in [0.2, 0.25) is 5.91 Å². The van der Waals surface area contributed by atoms with E-state index in [1.807, 2.05) is 29.3 Å². The summed E-state index contributed by atoms with van der Waals surface area (Å²) in [5.41, 5.74) is 1.33. The number of nitrogens with one attached hydrogen (secondary N) is 1. The van der Waals surface area contributed by atoms with Crippen LogP contribution in [0.2, 0.25) is 10.0 Å². The second kappa shape index (κ2) is 9.05. The van der Waals surface area contributed by atoms with Crippen LogP contribution in [-0.4, -0.2) is 28.9 Å². The van der Waals surface area contributed by atoms with E-state index in [0.29, 0.717) is 22.3 Å². The molecule has 1 heterocycles. The summed E-state index contributed by atoms with van der Waals surface area (Å²) < 4.78 is 0.921. The van der Waals surface area contributed by atoms with Gasteiger partial charge in [0.15, 0.2) is 0 Å². The number of rotatable bonds is 5. The fourth-order valence-corrected chi connectivity index (χ4v) is 8.12. The van der Waals surface area contributed by atoms with Crippen molar-refractivity contribution in [1.82, 2.24) is 10.3 Å². The summed E-state index contributed by atoms with van der Waals surface area (Å²) in [6.45, 7) is 0.621. The van der Waals surface area contributed by atoms with Gasteiger partial charge in [-0.1, -0.05) is 45.2 Å². The van der Waals surface area contributed by atoms with Crippen molar-refractivity contribution >= 4 is 56.6 Å². The highest BCUT2D eigenvalue weighted by atomic mass is 79.9. The molecule has 4 saturated carbocycles. The van der Waals surface area contributed by atoms with Crippen LogP contribution in [0.4, 0.5) is 5.69 Å². The minimum atomic E-state index is -0.770. The van der Waals surface area contributed by atoms with Crippen molar-refractivity contribution in [1.29, 1.82) is 0 Å². The number of carbonyl (C=O) groups is 2. The fraction of sp³-hybridized carbons (Fsp3) is 0.481. The SMILES string of the molecule is O=C(NC12CC3CC(CC(C3)C1)C2)C1CN(Cc2c(Cl)cccc2Cl)N(c2ccc(Br)cc2)C1=O. The number of halogens is 3. The van der Waals surface area contributed by atoms with E-state index in [-0.39, 0.29) is 23.9 Å².